The Kier molecular flexibility index (Phi) is 42.5. The number of benzene rings is 6. The standard InChI is InChI=1S/C18H18O4.C15H14O2.C10H13NO2.C6H7N.2CO2.4CH4/c1-21-17(19)11-15-8-5-9-16(10-15)12-18(20)22-13-14-6-3-2-4-7-14;16-15(11-13-7-3-1-4-8-13)17-12-14-9-5-2-6-10-14;1-13-10(12)6-8-3-2-4-9(5-8)7-11;7-6-4-2-1-3-5-6;2*2-1-3;;;;/h2-10H,11-13H2,1H3;1-10H,11-12H2;2-5H,6-7,11H2,1H3;1-5H,7H2;;;4*1H4. The summed E-state index contributed by atoms with van der Waals surface area (Å²) in [7, 11) is 2.74. The van der Waals surface area contributed by atoms with E-state index in [-0.39, 0.29) is 85.3 Å². The number of carbonyl (C=O) groups excluding carboxylic acids is 8. The number of anilines is 1. The van der Waals surface area contributed by atoms with Crippen molar-refractivity contribution in [2.45, 2.75) is 75.1 Å². The van der Waals surface area contributed by atoms with Gasteiger partial charge in [-0.25, -0.2) is 0 Å². The molecule has 0 spiro atoms. The Labute approximate surface area is 407 Å². The van der Waals surface area contributed by atoms with E-state index in [1.807, 2.05) is 170 Å². The molecular formula is C55H68N2O12. The fourth-order valence-electron chi connectivity index (χ4n) is 5.15. The van der Waals surface area contributed by atoms with Gasteiger partial charge in [-0.05, 0) is 51.1 Å². The summed E-state index contributed by atoms with van der Waals surface area (Å²) in [6, 6.07) is 53.2. The Bertz CT molecular complexity index is 2300. The molecule has 6 aromatic carbocycles. The minimum absolute atomic E-state index is 0. The van der Waals surface area contributed by atoms with Crippen LogP contribution in [0.1, 0.15) is 68.7 Å². The highest BCUT2D eigenvalue weighted by Crippen LogP contribution is 2.10. The molecule has 6 aromatic rings. The van der Waals surface area contributed by atoms with Crippen molar-refractivity contribution in [3.05, 3.63) is 209 Å². The lowest BCUT2D eigenvalue weighted by atomic mass is 10.1. The number of rotatable bonds is 13. The van der Waals surface area contributed by atoms with Gasteiger partial charge in [0, 0.05) is 12.2 Å². The van der Waals surface area contributed by atoms with Gasteiger partial charge in [-0.3, -0.25) is 19.2 Å². The first-order chi connectivity index (χ1) is 31.5. The smallest absolute Gasteiger partial charge is 0.373 e. The van der Waals surface area contributed by atoms with E-state index in [1.54, 1.807) is 0 Å². The maximum atomic E-state index is 11.9. The largest absolute Gasteiger partial charge is 0.469 e. The van der Waals surface area contributed by atoms with Crippen LogP contribution in [0.5, 0.6) is 0 Å². The predicted octanol–water partition coefficient (Wildman–Crippen LogP) is 9.17. The second kappa shape index (κ2) is 43.6. The number of hydrogen-bond acceptors (Lipinski definition) is 14. The Morgan fingerprint density at radius 3 is 0.957 bits per heavy atom. The first-order valence-electron chi connectivity index (χ1n) is 19.7. The topological polar surface area (TPSA) is 226 Å². The molecule has 0 aromatic heterocycles. The number of hydrogen-bond donors (Lipinski definition) is 2. The normalized spacial score (nSPS) is 8.57. The molecule has 0 saturated carbocycles. The molecule has 4 N–H and O–H groups in total. The average molecular weight is 949 g/mol. The molecule has 14 heteroatoms. The molecule has 14 nitrogen and oxygen atoms in total. The third-order valence-electron chi connectivity index (χ3n) is 8.20. The lowest BCUT2D eigenvalue weighted by Crippen LogP contribution is -2.09. The maximum Gasteiger partial charge on any atom is 0.373 e. The quantitative estimate of drug-likeness (QED) is 0.0626. The summed E-state index contributed by atoms with van der Waals surface area (Å²) in [6.45, 7) is 1.10. The van der Waals surface area contributed by atoms with Gasteiger partial charge in [0.15, 0.2) is 0 Å². The Balaban J connectivity index is -0.000000403. The Hall–Kier alpha value is -8.28. The minimum atomic E-state index is -0.302. The molecule has 69 heavy (non-hydrogen) atoms. The number of esters is 4. The van der Waals surface area contributed by atoms with E-state index in [4.69, 9.17) is 40.1 Å². The number of nitrogens with two attached hydrogens (primary N) is 2. The molecule has 370 valence electrons. The fourth-order valence-corrected chi connectivity index (χ4v) is 5.15. The molecule has 6 rings (SSSR count). The molecule has 0 fully saturated rings. The molecule has 0 aliphatic heterocycles. The third-order valence-corrected chi connectivity index (χ3v) is 8.20. The number of ether oxygens (including phenoxy) is 4. The van der Waals surface area contributed by atoms with E-state index in [1.165, 1.54) is 14.2 Å². The first kappa shape index (κ1) is 67.3. The van der Waals surface area contributed by atoms with Crippen molar-refractivity contribution >= 4 is 41.9 Å². The third kappa shape index (κ3) is 34.7. The zero-order valence-corrected chi connectivity index (χ0v) is 36.2. The molecule has 0 bridgehead atoms. The van der Waals surface area contributed by atoms with Gasteiger partial charge in [-0.1, -0.05) is 187 Å². The predicted molar refractivity (Wildman–Crippen MR) is 266 cm³/mol. The van der Waals surface area contributed by atoms with E-state index in [9.17, 15) is 19.2 Å². The van der Waals surface area contributed by atoms with Crippen molar-refractivity contribution in [2.75, 3.05) is 20.0 Å². The van der Waals surface area contributed by atoms with E-state index >= 15 is 0 Å². The molecule has 0 radical (unpaired) electrons. The van der Waals surface area contributed by atoms with Crippen LogP contribution in [0.2, 0.25) is 0 Å². The highest BCUT2D eigenvalue weighted by molar-refractivity contribution is 5.74. The minimum Gasteiger partial charge on any atom is -0.469 e. The second-order valence-corrected chi connectivity index (χ2v) is 13.1. The van der Waals surface area contributed by atoms with Crippen LogP contribution in [0.3, 0.4) is 0 Å². The molecule has 0 atom stereocenters. The molecule has 0 aliphatic carbocycles. The van der Waals surface area contributed by atoms with Gasteiger partial charge in [-0.2, -0.15) is 19.2 Å². The lowest BCUT2D eigenvalue weighted by molar-refractivity contribution is -0.193. The van der Waals surface area contributed by atoms with Crippen LogP contribution in [-0.2, 0) is 103 Å². The Morgan fingerprint density at radius 2 is 0.652 bits per heavy atom. The molecular weight excluding hydrogens is 881 g/mol. The summed E-state index contributed by atoms with van der Waals surface area (Å²) in [4.78, 5) is 78.1. The Morgan fingerprint density at radius 1 is 0.391 bits per heavy atom. The highest BCUT2D eigenvalue weighted by Gasteiger charge is 2.09. The summed E-state index contributed by atoms with van der Waals surface area (Å²) in [6.07, 6.45) is 1.52. The second-order valence-electron chi connectivity index (χ2n) is 13.1. The van der Waals surface area contributed by atoms with Crippen LogP contribution < -0.4 is 11.5 Å². The monoisotopic (exact) mass is 948 g/mol. The average Bonchev–Trinajstić information content (AvgIpc) is 3.33. The summed E-state index contributed by atoms with van der Waals surface area (Å²) in [5, 5.41) is 0. The number of methoxy groups -OCH3 is 2. The lowest BCUT2D eigenvalue weighted by Gasteiger charge is -2.06. The van der Waals surface area contributed by atoms with E-state index < -0.39 is 0 Å². The first-order valence-corrected chi connectivity index (χ1v) is 19.7. The van der Waals surface area contributed by atoms with E-state index in [0.29, 0.717) is 26.0 Å². The van der Waals surface area contributed by atoms with E-state index in [0.717, 1.165) is 44.6 Å². The van der Waals surface area contributed by atoms with Gasteiger partial charge < -0.3 is 30.4 Å². The fraction of sp³-hybridized carbons (Fsp3) is 0.236. The molecule has 0 unspecified atom stereocenters. The SMILES string of the molecule is C.C.C.C.COC(=O)Cc1cccc(CC(=O)OCc2ccccc2)c1.COC(=O)Cc1cccc(CN)c1.Nc1ccccc1.O=C(Cc1ccccc1)OCc1ccccc1.O=C=O.O=C=O. The van der Waals surface area contributed by atoms with Gasteiger partial charge >= 0.3 is 36.2 Å². The summed E-state index contributed by atoms with van der Waals surface area (Å²) < 4.78 is 19.6. The van der Waals surface area contributed by atoms with Gasteiger partial charge in [0.25, 0.3) is 0 Å². The van der Waals surface area contributed by atoms with Crippen LogP contribution in [0.25, 0.3) is 0 Å². The van der Waals surface area contributed by atoms with Crippen molar-refractivity contribution in [3.63, 3.8) is 0 Å². The zero-order chi connectivity index (χ0) is 47.9. The molecule has 0 aliphatic rings. The highest BCUT2D eigenvalue weighted by atomic mass is 16.5. The van der Waals surface area contributed by atoms with Crippen LogP contribution >= 0.6 is 0 Å². The maximum absolute atomic E-state index is 11.9. The molecule has 0 saturated heterocycles. The summed E-state index contributed by atoms with van der Waals surface area (Å²) in [5.41, 5.74) is 18.2. The van der Waals surface area contributed by atoms with Gasteiger partial charge in [0.1, 0.15) is 13.2 Å². The van der Waals surface area contributed by atoms with Crippen LogP contribution in [0.4, 0.5) is 5.69 Å². The number of para-hydroxylation sites is 1. The van der Waals surface area contributed by atoms with Crippen LogP contribution in [0, 0.1) is 0 Å². The van der Waals surface area contributed by atoms with Crippen LogP contribution in [-0.4, -0.2) is 50.4 Å². The summed E-state index contributed by atoms with van der Waals surface area (Å²) >= 11 is 0. The zero-order valence-electron chi connectivity index (χ0n) is 36.2. The van der Waals surface area contributed by atoms with Crippen molar-refractivity contribution < 1.29 is 57.3 Å². The summed E-state index contributed by atoms with van der Waals surface area (Å²) in [5.74, 6) is -1.02. The van der Waals surface area contributed by atoms with Crippen molar-refractivity contribution in [1.82, 2.24) is 0 Å². The molecule has 0 heterocycles. The van der Waals surface area contributed by atoms with Gasteiger partial charge in [-0.15, -0.1) is 0 Å². The van der Waals surface area contributed by atoms with E-state index in [2.05, 4.69) is 9.47 Å². The number of nitrogen functional groups attached to an aromatic ring is 1. The number of carbonyl (C=O) groups is 4. The van der Waals surface area contributed by atoms with Crippen molar-refractivity contribution in [1.29, 1.82) is 0 Å². The van der Waals surface area contributed by atoms with Crippen LogP contribution in [0.15, 0.2) is 170 Å². The van der Waals surface area contributed by atoms with Gasteiger partial charge in [0.05, 0.1) is 39.9 Å². The van der Waals surface area contributed by atoms with Crippen molar-refractivity contribution in [2.24, 2.45) is 5.73 Å². The van der Waals surface area contributed by atoms with Crippen molar-refractivity contribution in [3.8, 4) is 0 Å². The van der Waals surface area contributed by atoms with Gasteiger partial charge in [0.2, 0.25) is 0 Å². The molecule has 0 amide bonds.